The van der Waals surface area contributed by atoms with Crippen LogP contribution in [-0.4, -0.2) is 0 Å². The molecule has 0 aliphatic rings. The first kappa shape index (κ1) is 14.5. The van der Waals surface area contributed by atoms with E-state index in [1.54, 1.807) is 11.3 Å². The number of hydrogen-bond acceptors (Lipinski definition) is 3. The molecule has 0 aliphatic heterocycles. The Morgan fingerprint density at radius 2 is 2.17 bits per heavy atom. The summed E-state index contributed by atoms with van der Waals surface area (Å²) >= 11 is 5.13. The van der Waals surface area contributed by atoms with Gasteiger partial charge in [-0.15, -0.1) is 29.8 Å². The monoisotopic (exact) mass is 375 g/mol. The number of hydrogen-bond donors (Lipinski definition) is 0. The van der Waals surface area contributed by atoms with E-state index < -0.39 is 4.64 Å². The highest BCUT2D eigenvalue weighted by atomic mass is 79.9. The predicted octanol–water partition coefficient (Wildman–Crippen LogP) is 4.88. The number of halogens is 1. The van der Waals surface area contributed by atoms with Gasteiger partial charge in [0.15, 0.2) is 8.46 Å². The Balaban J connectivity index is 2.61. The summed E-state index contributed by atoms with van der Waals surface area (Å²) in [5.41, 5.74) is 0.947. The maximum atomic E-state index is 11.2. The summed E-state index contributed by atoms with van der Waals surface area (Å²) < 4.78 is 12.7. The summed E-state index contributed by atoms with van der Waals surface area (Å²) in [7, 11) is 5.18. The topological polar surface area (TPSA) is 40.9 Å². The minimum atomic E-state index is -0.579. The Labute approximate surface area is 124 Å². The maximum Gasteiger partial charge on any atom is 0.175 e. The third kappa shape index (κ3) is 2.82. The van der Waals surface area contributed by atoms with E-state index in [0.717, 1.165) is 25.0 Å². The van der Waals surface area contributed by atoms with Crippen LogP contribution in [0, 0.1) is 11.3 Å². The lowest BCUT2D eigenvalue weighted by Gasteiger charge is -2.17. The van der Waals surface area contributed by atoms with Crippen molar-refractivity contribution in [1.82, 2.24) is 0 Å². The molecule has 0 aliphatic carbocycles. The van der Waals surface area contributed by atoms with Crippen LogP contribution in [0.15, 0.2) is 22.7 Å². The smallest absolute Gasteiger partial charge is 0.175 e. The molecule has 0 N–H and O–H groups in total. The molecule has 0 saturated heterocycles. The van der Waals surface area contributed by atoms with Gasteiger partial charge in [0.1, 0.15) is 4.64 Å². The molecule has 0 radical (unpaired) electrons. The Morgan fingerprint density at radius 1 is 1.44 bits per heavy atom. The third-order valence-electron chi connectivity index (χ3n) is 2.49. The van der Waals surface area contributed by atoms with Crippen molar-refractivity contribution in [3.8, 4) is 6.07 Å². The fraction of sp³-hybridized carbons (Fsp3) is 0.182. The molecule has 2 nitrogen and oxygen atoms in total. The van der Waals surface area contributed by atoms with E-state index in [9.17, 15) is 4.57 Å². The molecular weight excluding hydrogens is 367 g/mol. The van der Waals surface area contributed by atoms with Gasteiger partial charge in [-0.25, -0.2) is 0 Å². The van der Waals surface area contributed by atoms with Crippen LogP contribution in [0.5, 0.6) is 0 Å². The highest BCUT2D eigenvalue weighted by Gasteiger charge is 2.25. The summed E-state index contributed by atoms with van der Waals surface area (Å²) in [6.45, 7) is 0. The lowest BCUT2D eigenvalue weighted by Crippen LogP contribution is -1.99. The Hall–Kier alpha value is 0.110. The van der Waals surface area contributed by atoms with Gasteiger partial charge in [-0.2, -0.15) is 5.26 Å². The van der Waals surface area contributed by atoms with E-state index in [-0.39, 0.29) is 8.46 Å². The van der Waals surface area contributed by atoms with Gasteiger partial charge in [-0.05, 0) is 29.1 Å². The zero-order valence-electron chi connectivity index (χ0n) is 9.18. The molecule has 0 bridgehead atoms. The van der Waals surface area contributed by atoms with Crippen LogP contribution in [0.2, 0.25) is 0 Å². The molecule has 0 saturated carbocycles. The number of benzene rings is 1. The molecule has 0 fully saturated rings. The quantitative estimate of drug-likeness (QED) is 0.717. The summed E-state index contributed by atoms with van der Waals surface area (Å²) in [6, 6.07) is 8.21. The minimum Gasteiger partial charge on any atom is -0.273 e. The minimum absolute atomic E-state index is 0.0252. The van der Waals surface area contributed by atoms with Crippen molar-refractivity contribution in [2.24, 2.45) is 0 Å². The Morgan fingerprint density at radius 3 is 2.78 bits per heavy atom. The van der Waals surface area contributed by atoms with Crippen molar-refractivity contribution in [2.45, 2.75) is 11.1 Å². The molecule has 1 aromatic heterocycles. The van der Waals surface area contributed by atoms with Gasteiger partial charge in [0.25, 0.3) is 0 Å². The second-order valence-corrected chi connectivity index (χ2v) is 10.2. The molecule has 2 rings (SSSR count). The molecule has 1 heterocycles. The normalized spacial score (nSPS) is 11.9. The van der Waals surface area contributed by atoms with Gasteiger partial charge in [0, 0.05) is 14.0 Å². The van der Waals surface area contributed by atoms with Crippen LogP contribution in [0.1, 0.15) is 10.4 Å². The van der Waals surface area contributed by atoms with Crippen molar-refractivity contribution in [3.05, 3.63) is 33.1 Å². The van der Waals surface area contributed by atoms with E-state index in [4.69, 9.17) is 5.26 Å². The predicted molar refractivity (Wildman–Crippen MR) is 87.5 cm³/mol. The third-order valence-corrected chi connectivity index (χ3v) is 6.04. The highest BCUT2D eigenvalue weighted by Crippen LogP contribution is 2.51. The van der Waals surface area contributed by atoms with Crippen LogP contribution >= 0.6 is 54.2 Å². The number of nitriles is 1. The molecule has 0 amide bonds. The summed E-state index contributed by atoms with van der Waals surface area (Å²) in [5.74, 6) is 0. The SMILES string of the molecule is N#CCc1cc2cc(C(P)(P)P=O)c(Br)cc2s1. The molecule has 7 heteroatoms. The fourth-order valence-electron chi connectivity index (χ4n) is 1.64. The van der Waals surface area contributed by atoms with Gasteiger partial charge < -0.3 is 0 Å². The first-order valence-electron chi connectivity index (χ1n) is 4.99. The summed E-state index contributed by atoms with van der Waals surface area (Å²) in [5, 5.41) is 9.80. The molecular formula is C11H9BrNOP3S. The lowest BCUT2D eigenvalue weighted by atomic mass is 10.2. The second-order valence-electron chi connectivity index (χ2n) is 3.83. The number of nitrogens with zero attached hydrogens (tertiary/aromatic N) is 1. The van der Waals surface area contributed by atoms with Gasteiger partial charge in [0.05, 0.1) is 12.5 Å². The Bertz CT molecular complexity index is 662. The Kier molecular flexibility index (Phi) is 4.53. The number of thiophene rings is 1. The fourth-order valence-corrected chi connectivity index (χ4v) is 4.82. The zero-order valence-corrected chi connectivity index (χ0v) is 14.8. The number of rotatable bonds is 3. The van der Waals surface area contributed by atoms with E-state index >= 15 is 0 Å². The summed E-state index contributed by atoms with van der Waals surface area (Å²) in [4.78, 5) is 1.05. The van der Waals surface area contributed by atoms with E-state index in [0.29, 0.717) is 6.42 Å². The molecule has 1 aromatic carbocycles. The van der Waals surface area contributed by atoms with E-state index in [2.05, 4.69) is 40.5 Å². The molecule has 2 atom stereocenters. The van der Waals surface area contributed by atoms with Crippen LogP contribution in [-0.2, 0) is 15.6 Å². The number of fused-ring (bicyclic) bond motifs is 1. The standard InChI is InChI=1S/C11H9BrNOP3S/c12-9-5-10-6(3-7(18-10)1-2-13)4-8(9)11(15,16)17-14/h3-5H,1,15-16H2. The first-order valence-corrected chi connectivity index (χ1v) is 8.57. The van der Waals surface area contributed by atoms with Crippen molar-refractivity contribution in [1.29, 1.82) is 5.26 Å². The summed E-state index contributed by atoms with van der Waals surface area (Å²) in [6.07, 6.45) is 0.430. The molecule has 2 unspecified atom stereocenters. The van der Waals surface area contributed by atoms with Gasteiger partial charge in [0.2, 0.25) is 0 Å². The van der Waals surface area contributed by atoms with Crippen LogP contribution in [0.3, 0.4) is 0 Å². The lowest BCUT2D eigenvalue weighted by molar-refractivity contribution is 0.596. The second kappa shape index (κ2) is 5.62. The molecule has 18 heavy (non-hydrogen) atoms. The van der Waals surface area contributed by atoms with Crippen molar-refractivity contribution in [3.63, 3.8) is 0 Å². The first-order chi connectivity index (χ1) is 8.47. The van der Waals surface area contributed by atoms with Crippen LogP contribution in [0.4, 0.5) is 0 Å². The van der Waals surface area contributed by atoms with E-state index in [1.165, 1.54) is 0 Å². The van der Waals surface area contributed by atoms with Crippen molar-refractivity contribution < 1.29 is 4.57 Å². The van der Waals surface area contributed by atoms with E-state index in [1.807, 2.05) is 18.2 Å². The van der Waals surface area contributed by atoms with Gasteiger partial charge >= 0.3 is 0 Å². The van der Waals surface area contributed by atoms with Crippen molar-refractivity contribution >= 4 is 64.3 Å². The van der Waals surface area contributed by atoms with Crippen LogP contribution in [0.25, 0.3) is 10.1 Å². The van der Waals surface area contributed by atoms with Gasteiger partial charge in [-0.3, -0.25) is 4.57 Å². The highest BCUT2D eigenvalue weighted by molar-refractivity contribution is 9.10. The largest absolute Gasteiger partial charge is 0.273 e. The van der Waals surface area contributed by atoms with Crippen LogP contribution < -0.4 is 0 Å². The molecule has 0 spiro atoms. The average molecular weight is 376 g/mol. The van der Waals surface area contributed by atoms with Crippen molar-refractivity contribution in [2.75, 3.05) is 0 Å². The molecule has 92 valence electrons. The zero-order chi connectivity index (χ0) is 13.3. The van der Waals surface area contributed by atoms with Gasteiger partial charge in [-0.1, -0.05) is 15.9 Å². The molecule has 2 aromatic rings. The maximum absolute atomic E-state index is 11.2. The average Bonchev–Trinajstić information content (AvgIpc) is 2.69.